The van der Waals surface area contributed by atoms with Crippen LogP contribution in [0.25, 0.3) is 10.8 Å². The molecule has 0 N–H and O–H groups in total. The lowest BCUT2D eigenvalue weighted by molar-refractivity contribution is 0.0179. The van der Waals surface area contributed by atoms with Gasteiger partial charge in [0, 0.05) is 21.8 Å². The molecule has 122 valence electrons. The van der Waals surface area contributed by atoms with Crippen LogP contribution in [-0.2, 0) is 4.74 Å². The molecular formula is C21H19ClOS. The number of hydrogen-bond acceptors (Lipinski definition) is 2. The quantitative estimate of drug-likeness (QED) is 0.530. The molecule has 0 aliphatic carbocycles. The van der Waals surface area contributed by atoms with Gasteiger partial charge in [-0.2, -0.15) is 0 Å². The number of benzene rings is 3. The lowest BCUT2D eigenvalue weighted by Gasteiger charge is -2.29. The summed E-state index contributed by atoms with van der Waals surface area (Å²) >= 11 is 7.91. The Balaban J connectivity index is 1.50. The van der Waals surface area contributed by atoms with Crippen molar-refractivity contribution >= 4 is 34.1 Å². The van der Waals surface area contributed by atoms with E-state index in [1.807, 2.05) is 23.9 Å². The monoisotopic (exact) mass is 354 g/mol. The highest BCUT2D eigenvalue weighted by Gasteiger charge is 2.24. The zero-order valence-electron chi connectivity index (χ0n) is 13.3. The number of thioether (sulfide) groups is 1. The summed E-state index contributed by atoms with van der Waals surface area (Å²) < 4.78 is 6.07. The summed E-state index contributed by atoms with van der Waals surface area (Å²) in [5.74, 6) is 0. The highest BCUT2D eigenvalue weighted by atomic mass is 35.5. The van der Waals surface area contributed by atoms with Crippen LogP contribution in [0.1, 0.15) is 24.5 Å². The van der Waals surface area contributed by atoms with E-state index in [4.69, 9.17) is 16.3 Å². The van der Waals surface area contributed by atoms with Crippen molar-refractivity contribution in [1.29, 1.82) is 0 Å². The summed E-state index contributed by atoms with van der Waals surface area (Å²) in [6.45, 7) is 0.822. The molecule has 0 saturated carbocycles. The summed E-state index contributed by atoms with van der Waals surface area (Å²) in [4.78, 5) is 1.28. The molecule has 0 radical (unpaired) electrons. The average molecular weight is 355 g/mol. The van der Waals surface area contributed by atoms with Gasteiger partial charge in [-0.25, -0.2) is 0 Å². The molecule has 0 unspecified atom stereocenters. The maximum Gasteiger partial charge on any atom is 0.0835 e. The standard InChI is InChI=1S/C21H19ClOS/c22-18-7-9-19(10-8-18)24-20-11-12-23-21(14-20)17-6-5-15-3-1-2-4-16(15)13-17/h1-10,13,20-21H,11-12,14H2/t20-,21+/m0/s1. The Morgan fingerprint density at radius 2 is 1.71 bits per heavy atom. The van der Waals surface area contributed by atoms with Crippen molar-refractivity contribution in [3.05, 3.63) is 77.3 Å². The third-order valence-electron chi connectivity index (χ3n) is 4.50. The molecule has 1 heterocycles. The molecule has 1 aliphatic heterocycles. The van der Waals surface area contributed by atoms with Crippen LogP contribution in [0.2, 0.25) is 5.02 Å². The number of fused-ring (bicyclic) bond motifs is 1. The molecule has 1 fully saturated rings. The molecule has 0 aromatic heterocycles. The maximum atomic E-state index is 6.07. The molecule has 0 amide bonds. The van der Waals surface area contributed by atoms with Gasteiger partial charge >= 0.3 is 0 Å². The van der Waals surface area contributed by atoms with Crippen molar-refractivity contribution in [3.63, 3.8) is 0 Å². The van der Waals surface area contributed by atoms with Gasteiger partial charge in [-0.05, 0) is 59.5 Å². The predicted molar refractivity (Wildman–Crippen MR) is 103 cm³/mol. The number of hydrogen-bond donors (Lipinski definition) is 0. The largest absolute Gasteiger partial charge is 0.373 e. The zero-order valence-corrected chi connectivity index (χ0v) is 14.9. The summed E-state index contributed by atoms with van der Waals surface area (Å²) in [5.41, 5.74) is 1.29. The van der Waals surface area contributed by atoms with Gasteiger partial charge in [-0.1, -0.05) is 48.0 Å². The second-order valence-electron chi connectivity index (χ2n) is 6.18. The fourth-order valence-corrected chi connectivity index (χ4v) is 4.51. The first-order valence-electron chi connectivity index (χ1n) is 8.30. The van der Waals surface area contributed by atoms with Crippen molar-refractivity contribution in [2.24, 2.45) is 0 Å². The Morgan fingerprint density at radius 3 is 2.54 bits per heavy atom. The Bertz CT molecular complexity index is 831. The van der Waals surface area contributed by atoms with Gasteiger partial charge in [0.15, 0.2) is 0 Å². The minimum Gasteiger partial charge on any atom is -0.373 e. The van der Waals surface area contributed by atoms with E-state index >= 15 is 0 Å². The maximum absolute atomic E-state index is 6.07. The SMILES string of the molecule is Clc1ccc(S[C@H]2CCO[C@@H](c3ccc4ccccc4c3)C2)cc1. The Hall–Kier alpha value is -1.48. The molecule has 0 spiro atoms. The molecule has 2 atom stereocenters. The predicted octanol–water partition coefficient (Wildman–Crippen LogP) is 6.51. The molecule has 3 aromatic rings. The van der Waals surface area contributed by atoms with Crippen molar-refractivity contribution in [2.75, 3.05) is 6.61 Å². The number of ether oxygens (including phenoxy) is 1. The second-order valence-corrected chi connectivity index (χ2v) is 7.99. The summed E-state index contributed by atoms with van der Waals surface area (Å²) in [6, 6.07) is 23.3. The zero-order chi connectivity index (χ0) is 16.4. The smallest absolute Gasteiger partial charge is 0.0835 e. The van der Waals surface area contributed by atoms with Crippen molar-refractivity contribution < 1.29 is 4.74 Å². The second kappa shape index (κ2) is 7.18. The van der Waals surface area contributed by atoms with Crippen molar-refractivity contribution in [2.45, 2.75) is 29.1 Å². The molecule has 0 bridgehead atoms. The third-order valence-corrected chi connectivity index (χ3v) is 6.06. The molecule has 1 saturated heterocycles. The Morgan fingerprint density at radius 1 is 0.917 bits per heavy atom. The molecule has 3 heteroatoms. The van der Waals surface area contributed by atoms with Crippen LogP contribution >= 0.6 is 23.4 Å². The van der Waals surface area contributed by atoms with Gasteiger partial charge < -0.3 is 4.74 Å². The van der Waals surface area contributed by atoms with Crippen molar-refractivity contribution in [1.82, 2.24) is 0 Å². The van der Waals surface area contributed by atoms with Crippen LogP contribution in [0.3, 0.4) is 0 Å². The third kappa shape index (κ3) is 3.61. The van der Waals surface area contributed by atoms with Crippen LogP contribution in [0.4, 0.5) is 0 Å². The Kier molecular flexibility index (Phi) is 4.79. The molecule has 1 nitrogen and oxygen atoms in total. The first-order chi connectivity index (χ1) is 11.8. The first kappa shape index (κ1) is 16.0. The first-order valence-corrected chi connectivity index (χ1v) is 9.56. The van der Waals surface area contributed by atoms with Crippen LogP contribution in [0.5, 0.6) is 0 Å². The average Bonchev–Trinajstić information content (AvgIpc) is 2.63. The van der Waals surface area contributed by atoms with Crippen LogP contribution in [0.15, 0.2) is 71.6 Å². The lowest BCUT2D eigenvalue weighted by Crippen LogP contribution is -2.21. The van der Waals surface area contributed by atoms with E-state index in [9.17, 15) is 0 Å². The van der Waals surface area contributed by atoms with Gasteiger partial charge in [0.1, 0.15) is 0 Å². The highest BCUT2D eigenvalue weighted by molar-refractivity contribution is 8.00. The molecule has 4 rings (SSSR count). The number of halogens is 1. The molecular weight excluding hydrogens is 336 g/mol. The molecule has 1 aliphatic rings. The van der Waals surface area contributed by atoms with Gasteiger partial charge in [-0.15, -0.1) is 11.8 Å². The van der Waals surface area contributed by atoms with E-state index in [0.717, 1.165) is 24.5 Å². The van der Waals surface area contributed by atoms with E-state index < -0.39 is 0 Å². The highest BCUT2D eigenvalue weighted by Crippen LogP contribution is 2.38. The van der Waals surface area contributed by atoms with E-state index in [1.54, 1.807) is 0 Å². The fourth-order valence-electron chi connectivity index (χ4n) is 3.22. The Labute approximate surface area is 152 Å². The van der Waals surface area contributed by atoms with E-state index in [-0.39, 0.29) is 6.10 Å². The lowest BCUT2D eigenvalue weighted by atomic mass is 9.98. The minimum absolute atomic E-state index is 0.188. The van der Waals surface area contributed by atoms with E-state index in [0.29, 0.717) is 5.25 Å². The van der Waals surface area contributed by atoms with Crippen LogP contribution < -0.4 is 0 Å². The fraction of sp³-hybridized carbons (Fsp3) is 0.238. The topological polar surface area (TPSA) is 9.23 Å². The van der Waals surface area contributed by atoms with Gasteiger partial charge in [-0.3, -0.25) is 0 Å². The summed E-state index contributed by atoms with van der Waals surface area (Å²) in [5, 5.41) is 3.94. The van der Waals surface area contributed by atoms with Gasteiger partial charge in [0.05, 0.1) is 6.10 Å². The number of rotatable bonds is 3. The molecule has 3 aromatic carbocycles. The normalized spacial score (nSPS) is 21.0. The van der Waals surface area contributed by atoms with Gasteiger partial charge in [0.2, 0.25) is 0 Å². The van der Waals surface area contributed by atoms with Crippen LogP contribution in [-0.4, -0.2) is 11.9 Å². The van der Waals surface area contributed by atoms with Gasteiger partial charge in [0.25, 0.3) is 0 Å². The minimum atomic E-state index is 0.188. The van der Waals surface area contributed by atoms with Crippen LogP contribution in [0, 0.1) is 0 Å². The molecule has 24 heavy (non-hydrogen) atoms. The van der Waals surface area contributed by atoms with E-state index in [2.05, 4.69) is 54.6 Å². The van der Waals surface area contributed by atoms with Crippen molar-refractivity contribution in [3.8, 4) is 0 Å². The van der Waals surface area contributed by atoms with E-state index in [1.165, 1.54) is 21.2 Å². The summed E-state index contributed by atoms with van der Waals surface area (Å²) in [6.07, 6.45) is 2.33. The summed E-state index contributed by atoms with van der Waals surface area (Å²) in [7, 11) is 0.